The first kappa shape index (κ1) is 14.8. The van der Waals surface area contributed by atoms with Crippen LogP contribution in [0.2, 0.25) is 5.02 Å². The maximum absolute atomic E-state index is 12.3. The predicted octanol–water partition coefficient (Wildman–Crippen LogP) is 2.86. The smallest absolute Gasteiger partial charge is 0.226 e. The van der Waals surface area contributed by atoms with E-state index >= 15 is 0 Å². The third-order valence-corrected chi connectivity index (χ3v) is 3.87. The van der Waals surface area contributed by atoms with Gasteiger partial charge in [-0.3, -0.25) is 4.79 Å². The number of carbonyl (C=O) groups excluding carboxylic acids is 1. The van der Waals surface area contributed by atoms with Crippen LogP contribution in [-0.4, -0.2) is 34.1 Å². The standard InChI is InChI=1S/C15H16ClN3O3/c16-11-3-1-4-12(9-11)21-8-6-14(20)19-7-2-5-13(19)15-17-10-22-18-15/h1,3-4,9-10,13H,2,5-8H2. The Bertz CT molecular complexity index is 633. The molecule has 2 aromatic rings. The van der Waals surface area contributed by atoms with E-state index in [1.165, 1.54) is 6.39 Å². The Kier molecular flexibility index (Phi) is 4.58. The number of rotatable bonds is 5. The van der Waals surface area contributed by atoms with Crippen LogP contribution in [-0.2, 0) is 4.79 Å². The van der Waals surface area contributed by atoms with Crippen molar-refractivity contribution >= 4 is 17.5 Å². The van der Waals surface area contributed by atoms with Crippen LogP contribution in [0.3, 0.4) is 0 Å². The zero-order chi connectivity index (χ0) is 15.4. The van der Waals surface area contributed by atoms with Crippen molar-refractivity contribution < 1.29 is 14.1 Å². The molecule has 0 aliphatic carbocycles. The SMILES string of the molecule is O=C(CCOc1cccc(Cl)c1)N1CCCC1c1ncon1. The first-order chi connectivity index (χ1) is 10.7. The van der Waals surface area contributed by atoms with E-state index in [4.69, 9.17) is 20.9 Å². The molecule has 1 unspecified atom stereocenters. The number of amides is 1. The number of benzene rings is 1. The lowest BCUT2D eigenvalue weighted by atomic mass is 10.2. The van der Waals surface area contributed by atoms with Crippen molar-refractivity contribution in [3.63, 3.8) is 0 Å². The Labute approximate surface area is 133 Å². The van der Waals surface area contributed by atoms with Gasteiger partial charge in [0.25, 0.3) is 0 Å². The molecule has 1 saturated heterocycles. The van der Waals surface area contributed by atoms with E-state index < -0.39 is 0 Å². The summed E-state index contributed by atoms with van der Waals surface area (Å²) in [7, 11) is 0. The molecule has 22 heavy (non-hydrogen) atoms. The third-order valence-electron chi connectivity index (χ3n) is 3.63. The van der Waals surface area contributed by atoms with Crippen LogP contribution >= 0.6 is 11.6 Å². The number of carbonyl (C=O) groups is 1. The molecule has 1 atom stereocenters. The Balaban J connectivity index is 1.53. The van der Waals surface area contributed by atoms with Crippen LogP contribution in [0, 0.1) is 0 Å². The Morgan fingerprint density at radius 3 is 3.18 bits per heavy atom. The van der Waals surface area contributed by atoms with E-state index in [1.807, 2.05) is 12.1 Å². The molecule has 0 bridgehead atoms. The fourth-order valence-electron chi connectivity index (χ4n) is 2.62. The van der Waals surface area contributed by atoms with Crippen molar-refractivity contribution in [2.24, 2.45) is 0 Å². The van der Waals surface area contributed by atoms with E-state index in [9.17, 15) is 4.79 Å². The summed E-state index contributed by atoms with van der Waals surface area (Å²) in [6, 6.07) is 7.04. The minimum Gasteiger partial charge on any atom is -0.493 e. The quantitative estimate of drug-likeness (QED) is 0.847. The largest absolute Gasteiger partial charge is 0.493 e. The molecule has 3 rings (SSSR count). The highest BCUT2D eigenvalue weighted by Crippen LogP contribution is 2.30. The molecular weight excluding hydrogens is 306 g/mol. The van der Waals surface area contributed by atoms with Gasteiger partial charge in [-0.25, -0.2) is 0 Å². The number of hydrogen-bond acceptors (Lipinski definition) is 5. The molecule has 0 spiro atoms. The summed E-state index contributed by atoms with van der Waals surface area (Å²) in [6.07, 6.45) is 3.40. The molecule has 116 valence electrons. The van der Waals surface area contributed by atoms with Crippen LogP contribution < -0.4 is 4.74 Å². The fourth-order valence-corrected chi connectivity index (χ4v) is 2.80. The summed E-state index contributed by atoms with van der Waals surface area (Å²) in [5, 5.41) is 4.45. The number of aromatic nitrogens is 2. The number of halogens is 1. The Hall–Kier alpha value is -2.08. The lowest BCUT2D eigenvalue weighted by Gasteiger charge is -2.22. The molecule has 0 saturated carbocycles. The molecule has 1 amide bonds. The maximum atomic E-state index is 12.3. The van der Waals surface area contributed by atoms with E-state index in [1.54, 1.807) is 17.0 Å². The topological polar surface area (TPSA) is 68.5 Å². The molecule has 1 aliphatic rings. The molecule has 1 aliphatic heterocycles. The van der Waals surface area contributed by atoms with Gasteiger partial charge in [-0.1, -0.05) is 22.8 Å². The van der Waals surface area contributed by atoms with Gasteiger partial charge in [0.15, 0.2) is 5.82 Å². The molecule has 1 aromatic heterocycles. The van der Waals surface area contributed by atoms with E-state index in [-0.39, 0.29) is 11.9 Å². The van der Waals surface area contributed by atoms with Crippen molar-refractivity contribution in [2.45, 2.75) is 25.3 Å². The molecule has 1 fully saturated rings. The zero-order valence-corrected chi connectivity index (χ0v) is 12.7. The number of likely N-dealkylation sites (tertiary alicyclic amines) is 1. The second-order valence-corrected chi connectivity index (χ2v) is 5.53. The molecule has 7 heteroatoms. The summed E-state index contributed by atoms with van der Waals surface area (Å²) >= 11 is 5.89. The second kappa shape index (κ2) is 6.79. The van der Waals surface area contributed by atoms with Crippen LogP contribution in [0.1, 0.15) is 31.1 Å². The normalized spacial score (nSPS) is 17.7. The number of nitrogens with zero attached hydrogens (tertiary/aromatic N) is 3. The zero-order valence-electron chi connectivity index (χ0n) is 11.9. The van der Waals surface area contributed by atoms with Crippen molar-refractivity contribution in [1.29, 1.82) is 0 Å². The molecule has 1 aromatic carbocycles. The van der Waals surface area contributed by atoms with Gasteiger partial charge in [0.1, 0.15) is 5.75 Å². The fraction of sp³-hybridized carbons (Fsp3) is 0.400. The van der Waals surface area contributed by atoms with Gasteiger partial charge in [0.05, 0.1) is 19.1 Å². The van der Waals surface area contributed by atoms with Gasteiger partial charge in [-0.2, -0.15) is 4.98 Å². The average Bonchev–Trinajstić information content (AvgIpc) is 3.18. The maximum Gasteiger partial charge on any atom is 0.226 e. The van der Waals surface area contributed by atoms with Gasteiger partial charge < -0.3 is 14.2 Å². The summed E-state index contributed by atoms with van der Waals surface area (Å²) in [4.78, 5) is 18.2. The minimum atomic E-state index is -0.0857. The van der Waals surface area contributed by atoms with Gasteiger partial charge in [0, 0.05) is 11.6 Å². The number of ether oxygens (including phenoxy) is 1. The van der Waals surface area contributed by atoms with E-state index in [2.05, 4.69) is 10.1 Å². The van der Waals surface area contributed by atoms with E-state index in [0.717, 1.165) is 19.4 Å². The van der Waals surface area contributed by atoms with Crippen molar-refractivity contribution in [3.05, 3.63) is 41.5 Å². The molecule has 0 radical (unpaired) electrons. The third kappa shape index (κ3) is 3.39. The lowest BCUT2D eigenvalue weighted by molar-refractivity contribution is -0.132. The summed E-state index contributed by atoms with van der Waals surface area (Å²) < 4.78 is 10.3. The van der Waals surface area contributed by atoms with Crippen LogP contribution in [0.25, 0.3) is 0 Å². The lowest BCUT2D eigenvalue weighted by Crippen LogP contribution is -2.32. The molecule has 0 N–H and O–H groups in total. The first-order valence-corrected chi connectivity index (χ1v) is 7.56. The van der Waals surface area contributed by atoms with Gasteiger partial charge in [0.2, 0.25) is 12.3 Å². The second-order valence-electron chi connectivity index (χ2n) is 5.09. The van der Waals surface area contributed by atoms with Gasteiger partial charge in [-0.05, 0) is 31.0 Å². The number of hydrogen-bond donors (Lipinski definition) is 0. The van der Waals surface area contributed by atoms with E-state index in [0.29, 0.717) is 29.6 Å². The summed E-state index contributed by atoms with van der Waals surface area (Å²) in [5.74, 6) is 1.27. The monoisotopic (exact) mass is 321 g/mol. The molecule has 6 nitrogen and oxygen atoms in total. The van der Waals surface area contributed by atoms with Crippen molar-refractivity contribution in [3.8, 4) is 5.75 Å². The van der Waals surface area contributed by atoms with Crippen LogP contribution in [0.5, 0.6) is 5.75 Å². The average molecular weight is 322 g/mol. The highest BCUT2D eigenvalue weighted by atomic mass is 35.5. The minimum absolute atomic E-state index is 0.0364. The Morgan fingerprint density at radius 2 is 2.41 bits per heavy atom. The molecular formula is C15H16ClN3O3. The van der Waals surface area contributed by atoms with Crippen molar-refractivity contribution in [2.75, 3.05) is 13.2 Å². The van der Waals surface area contributed by atoms with Crippen molar-refractivity contribution in [1.82, 2.24) is 15.0 Å². The summed E-state index contributed by atoms with van der Waals surface area (Å²) in [6.45, 7) is 1.03. The Morgan fingerprint density at radius 1 is 1.50 bits per heavy atom. The van der Waals surface area contributed by atoms with Gasteiger partial charge >= 0.3 is 0 Å². The first-order valence-electron chi connectivity index (χ1n) is 7.18. The highest BCUT2D eigenvalue weighted by molar-refractivity contribution is 6.30. The highest BCUT2D eigenvalue weighted by Gasteiger charge is 2.32. The van der Waals surface area contributed by atoms with Crippen LogP contribution in [0.4, 0.5) is 0 Å². The predicted molar refractivity (Wildman–Crippen MR) is 79.6 cm³/mol. The van der Waals surface area contributed by atoms with Gasteiger partial charge in [-0.15, -0.1) is 0 Å². The summed E-state index contributed by atoms with van der Waals surface area (Å²) in [5.41, 5.74) is 0. The molecule has 2 heterocycles. The van der Waals surface area contributed by atoms with Crippen LogP contribution in [0.15, 0.2) is 35.2 Å².